The number of carbonyl (C=O) groups is 2. The molecular formula is C36H46N2O5. The van der Waals surface area contributed by atoms with Crippen LogP contribution in [0, 0.1) is 5.92 Å². The molecule has 1 spiro atoms. The molecule has 2 aromatic carbocycles. The van der Waals surface area contributed by atoms with Gasteiger partial charge in [-0.05, 0) is 76.8 Å². The van der Waals surface area contributed by atoms with Crippen LogP contribution in [-0.2, 0) is 27.8 Å². The number of ether oxygens (including phenoxy) is 2. The first kappa shape index (κ1) is 29.7. The first-order valence-electron chi connectivity index (χ1n) is 16.2. The van der Waals surface area contributed by atoms with Crippen LogP contribution in [0.25, 0.3) is 0 Å². The number of phenols is 1. The maximum absolute atomic E-state index is 14.0. The lowest BCUT2D eigenvalue weighted by Crippen LogP contribution is -2.69. The summed E-state index contributed by atoms with van der Waals surface area (Å²) in [5.74, 6) is 1.12. The summed E-state index contributed by atoms with van der Waals surface area (Å²) < 4.78 is 12.5. The van der Waals surface area contributed by atoms with E-state index >= 15 is 0 Å². The zero-order valence-corrected chi connectivity index (χ0v) is 25.9. The van der Waals surface area contributed by atoms with E-state index in [-0.39, 0.29) is 47.1 Å². The molecule has 230 valence electrons. The highest BCUT2D eigenvalue weighted by Gasteiger charge is 2.67. The SMILES string of the molecule is C=CCN1CC[C@]23c4c5c(O)cc(OC(C)=O)c4O[C@H]2[C@@H](N(C(=O)CCCCCc2ccccc2)C(C)C)CC[C@H]3[C@H]1C5. The van der Waals surface area contributed by atoms with Gasteiger partial charge in [-0.25, -0.2) is 0 Å². The summed E-state index contributed by atoms with van der Waals surface area (Å²) in [6.07, 6.45) is 9.68. The van der Waals surface area contributed by atoms with Crippen LogP contribution in [0.4, 0.5) is 0 Å². The van der Waals surface area contributed by atoms with Crippen molar-refractivity contribution in [2.45, 2.75) is 108 Å². The van der Waals surface area contributed by atoms with Gasteiger partial charge in [0.2, 0.25) is 5.91 Å². The van der Waals surface area contributed by atoms with Crippen molar-refractivity contribution in [1.82, 2.24) is 9.80 Å². The number of benzene rings is 2. The van der Waals surface area contributed by atoms with Crippen molar-refractivity contribution in [2.24, 2.45) is 5.92 Å². The molecule has 1 saturated heterocycles. The van der Waals surface area contributed by atoms with Gasteiger partial charge in [0.25, 0.3) is 0 Å². The number of piperidine rings is 1. The van der Waals surface area contributed by atoms with Crippen molar-refractivity contribution < 1.29 is 24.2 Å². The van der Waals surface area contributed by atoms with Crippen LogP contribution in [0.15, 0.2) is 49.1 Å². The Balaban J connectivity index is 1.28. The smallest absolute Gasteiger partial charge is 0.308 e. The molecule has 7 nitrogen and oxygen atoms in total. The summed E-state index contributed by atoms with van der Waals surface area (Å²) in [7, 11) is 0. The second-order valence-electron chi connectivity index (χ2n) is 13.2. The van der Waals surface area contributed by atoms with Crippen LogP contribution in [0.3, 0.4) is 0 Å². The zero-order valence-electron chi connectivity index (χ0n) is 25.9. The van der Waals surface area contributed by atoms with Crippen molar-refractivity contribution in [1.29, 1.82) is 0 Å². The molecule has 2 aliphatic heterocycles. The minimum absolute atomic E-state index is 0.0307. The van der Waals surface area contributed by atoms with Crippen molar-refractivity contribution in [2.75, 3.05) is 13.1 Å². The number of rotatable bonds is 11. The second kappa shape index (κ2) is 12.0. The summed E-state index contributed by atoms with van der Waals surface area (Å²) in [5.41, 5.74) is 2.93. The van der Waals surface area contributed by atoms with E-state index < -0.39 is 5.97 Å². The predicted octanol–water partition coefficient (Wildman–Crippen LogP) is 5.95. The molecule has 1 saturated carbocycles. The van der Waals surface area contributed by atoms with Gasteiger partial charge in [-0.3, -0.25) is 14.5 Å². The molecule has 0 aromatic heterocycles. The van der Waals surface area contributed by atoms with E-state index in [0.717, 1.165) is 75.6 Å². The average Bonchev–Trinajstić information content (AvgIpc) is 3.31. The standard InChI is InChI=1S/C36H46N2O5/c1-5-19-37-20-18-36-27-16-17-28(38(23(2)3)32(41)15-11-7-10-14-25-12-8-6-9-13-25)35(36)43-34-31(42-24(4)39)22-30(40)26(33(34)36)21-29(27)37/h5-6,8-9,12-13,22-23,27-29,35,40H,1,7,10-11,14-21H2,2-4H3/t27-,28-,29+,35-,36-/m0/s1. The van der Waals surface area contributed by atoms with Crippen LogP contribution in [0.2, 0.25) is 0 Å². The lowest BCUT2D eigenvalue weighted by molar-refractivity contribution is -0.145. The molecular weight excluding hydrogens is 540 g/mol. The number of nitrogens with zero attached hydrogens (tertiary/aromatic N) is 2. The van der Waals surface area contributed by atoms with E-state index in [1.807, 2.05) is 12.1 Å². The fourth-order valence-electron chi connectivity index (χ4n) is 8.97. The summed E-state index contributed by atoms with van der Waals surface area (Å²) in [4.78, 5) is 30.6. The average molecular weight is 587 g/mol. The molecule has 2 aromatic rings. The molecule has 2 heterocycles. The number of amides is 1. The Kier molecular flexibility index (Phi) is 8.29. The van der Waals surface area contributed by atoms with E-state index in [1.165, 1.54) is 12.5 Å². The van der Waals surface area contributed by atoms with E-state index in [4.69, 9.17) is 9.47 Å². The fraction of sp³-hybridized carbons (Fsp3) is 0.556. The maximum atomic E-state index is 14.0. The van der Waals surface area contributed by atoms with E-state index in [0.29, 0.717) is 18.1 Å². The van der Waals surface area contributed by atoms with Crippen molar-refractivity contribution in [3.05, 3.63) is 65.7 Å². The van der Waals surface area contributed by atoms with Gasteiger partial charge in [0.15, 0.2) is 11.5 Å². The van der Waals surface area contributed by atoms with Crippen LogP contribution in [-0.4, -0.2) is 64.1 Å². The molecule has 0 radical (unpaired) electrons. The van der Waals surface area contributed by atoms with Gasteiger partial charge in [0.05, 0.1) is 6.04 Å². The molecule has 2 bridgehead atoms. The van der Waals surface area contributed by atoms with Gasteiger partial charge in [-0.2, -0.15) is 0 Å². The van der Waals surface area contributed by atoms with E-state index in [2.05, 4.69) is 54.5 Å². The normalized spacial score (nSPS) is 26.9. The lowest BCUT2D eigenvalue weighted by atomic mass is 9.50. The fourth-order valence-corrected chi connectivity index (χ4v) is 8.97. The van der Waals surface area contributed by atoms with Crippen LogP contribution in [0.1, 0.15) is 82.4 Å². The first-order chi connectivity index (χ1) is 20.8. The summed E-state index contributed by atoms with van der Waals surface area (Å²) in [6, 6.07) is 12.3. The minimum Gasteiger partial charge on any atom is -0.508 e. The number of carbonyl (C=O) groups excluding carboxylic acids is 2. The zero-order chi connectivity index (χ0) is 30.3. The third kappa shape index (κ3) is 5.13. The Morgan fingerprint density at radius 2 is 2.00 bits per heavy atom. The number of aryl methyl sites for hydroxylation is 1. The molecule has 2 fully saturated rings. The molecule has 1 N–H and O–H groups in total. The van der Waals surface area contributed by atoms with Gasteiger partial charge in [0.1, 0.15) is 11.9 Å². The van der Waals surface area contributed by atoms with Crippen LogP contribution < -0.4 is 9.47 Å². The molecule has 1 amide bonds. The highest BCUT2D eigenvalue weighted by atomic mass is 16.6. The Bertz CT molecular complexity index is 1370. The Labute approximate surface area is 255 Å². The van der Waals surface area contributed by atoms with E-state index in [1.54, 1.807) is 6.07 Å². The number of unbranched alkanes of at least 4 members (excludes halogenated alkanes) is 2. The Morgan fingerprint density at radius 1 is 1.21 bits per heavy atom. The molecule has 5 atom stereocenters. The number of aromatic hydroxyl groups is 1. The van der Waals surface area contributed by atoms with E-state index in [9.17, 15) is 14.7 Å². The summed E-state index contributed by atoms with van der Waals surface area (Å²) in [6.45, 7) is 11.3. The molecule has 4 aliphatic rings. The Hall–Kier alpha value is -3.32. The third-order valence-electron chi connectivity index (χ3n) is 10.5. The van der Waals surface area contributed by atoms with Crippen LogP contribution >= 0.6 is 0 Å². The highest BCUT2D eigenvalue weighted by molar-refractivity contribution is 5.77. The molecule has 7 heteroatoms. The number of esters is 1. The van der Waals surface area contributed by atoms with Crippen LogP contribution in [0.5, 0.6) is 17.2 Å². The Morgan fingerprint density at radius 3 is 2.72 bits per heavy atom. The number of phenolic OH excluding ortho intramolecular Hbond substituents is 1. The number of hydrogen-bond acceptors (Lipinski definition) is 6. The summed E-state index contributed by atoms with van der Waals surface area (Å²) in [5, 5.41) is 11.3. The molecule has 43 heavy (non-hydrogen) atoms. The van der Waals surface area contributed by atoms with Crippen molar-refractivity contribution >= 4 is 11.9 Å². The maximum Gasteiger partial charge on any atom is 0.308 e. The number of hydrogen-bond donors (Lipinski definition) is 1. The van der Waals surface area contributed by atoms with Gasteiger partial charge >= 0.3 is 5.97 Å². The second-order valence-corrected chi connectivity index (χ2v) is 13.2. The minimum atomic E-state index is -0.444. The summed E-state index contributed by atoms with van der Waals surface area (Å²) >= 11 is 0. The van der Waals surface area contributed by atoms with Gasteiger partial charge in [-0.15, -0.1) is 6.58 Å². The number of likely N-dealkylation sites (tertiary alicyclic amines) is 1. The topological polar surface area (TPSA) is 79.3 Å². The van der Waals surface area contributed by atoms with Gasteiger partial charge in [0, 0.05) is 54.6 Å². The third-order valence-corrected chi connectivity index (χ3v) is 10.5. The molecule has 6 rings (SSSR count). The highest BCUT2D eigenvalue weighted by Crippen LogP contribution is 2.65. The largest absolute Gasteiger partial charge is 0.508 e. The van der Waals surface area contributed by atoms with Gasteiger partial charge in [-0.1, -0.05) is 42.8 Å². The first-order valence-corrected chi connectivity index (χ1v) is 16.2. The molecule has 2 aliphatic carbocycles. The van der Waals surface area contributed by atoms with Gasteiger partial charge < -0.3 is 19.5 Å². The molecule has 0 unspecified atom stereocenters. The predicted molar refractivity (Wildman–Crippen MR) is 166 cm³/mol. The van der Waals surface area contributed by atoms with Crippen molar-refractivity contribution in [3.63, 3.8) is 0 Å². The van der Waals surface area contributed by atoms with Crippen molar-refractivity contribution in [3.8, 4) is 17.2 Å². The monoisotopic (exact) mass is 586 g/mol. The lowest BCUT2D eigenvalue weighted by Gasteiger charge is -2.60. The quantitative estimate of drug-likeness (QED) is 0.152.